The quantitative estimate of drug-likeness (QED) is 0.391. The average Bonchev–Trinajstić information content (AvgIpc) is 2.47. The Kier molecular flexibility index (Phi) is 4.04. The van der Waals surface area contributed by atoms with Crippen molar-refractivity contribution in [3.05, 3.63) is 61.7 Å². The zero-order valence-electron chi connectivity index (χ0n) is 10.6. The van der Waals surface area contributed by atoms with Crippen LogP contribution in [0.1, 0.15) is 0 Å². The molecule has 0 amide bonds. The third kappa shape index (κ3) is 2.97. The van der Waals surface area contributed by atoms with Crippen molar-refractivity contribution in [3.8, 4) is 11.5 Å². The van der Waals surface area contributed by atoms with Gasteiger partial charge >= 0.3 is 5.97 Å². The predicted molar refractivity (Wildman–Crippen MR) is 74.3 cm³/mol. The number of esters is 1. The third-order valence-electron chi connectivity index (χ3n) is 2.49. The number of hydrogen-bond donors (Lipinski definition) is 1. The monoisotopic (exact) mass is 268 g/mol. The van der Waals surface area contributed by atoms with Crippen LogP contribution in [0.2, 0.25) is 0 Å². The standard InChI is InChI=1S/C16H12O4/c1-3-15(17)19-12-9-8-11-6-5-7-14(13(11)10-12)20-16(18)4-2/h3-7,10,16,18H,1-2H2. The van der Waals surface area contributed by atoms with E-state index in [1.54, 1.807) is 24.3 Å². The summed E-state index contributed by atoms with van der Waals surface area (Å²) < 4.78 is 10.3. The minimum atomic E-state index is -1.12. The van der Waals surface area contributed by atoms with Crippen LogP contribution in [0.4, 0.5) is 0 Å². The van der Waals surface area contributed by atoms with Crippen molar-refractivity contribution in [1.82, 2.24) is 0 Å². The molecule has 20 heavy (non-hydrogen) atoms. The number of aliphatic hydroxyl groups excluding tert-OH is 1. The smallest absolute Gasteiger partial charge is 0.336 e. The Labute approximate surface area is 116 Å². The molecule has 0 heterocycles. The Hall–Kier alpha value is -2.77. The molecule has 100 valence electrons. The van der Waals surface area contributed by atoms with E-state index in [0.29, 0.717) is 11.1 Å². The number of ether oxygens (including phenoxy) is 2. The van der Waals surface area contributed by atoms with Gasteiger partial charge in [0, 0.05) is 22.9 Å². The second-order valence-corrected chi connectivity index (χ2v) is 3.85. The first-order valence-corrected chi connectivity index (χ1v) is 5.82. The molecule has 1 unspecified atom stereocenters. The SMILES string of the molecule is C=CC(=O)Oc1c#cc2cccc(OC(O)C=C)c2c1. The van der Waals surface area contributed by atoms with Crippen LogP contribution in [-0.4, -0.2) is 17.4 Å². The van der Waals surface area contributed by atoms with Crippen molar-refractivity contribution in [1.29, 1.82) is 0 Å². The van der Waals surface area contributed by atoms with Crippen LogP contribution in [-0.2, 0) is 4.79 Å². The molecule has 0 bridgehead atoms. The predicted octanol–water partition coefficient (Wildman–Crippen LogP) is 2.41. The summed E-state index contributed by atoms with van der Waals surface area (Å²) in [7, 11) is 0. The summed E-state index contributed by atoms with van der Waals surface area (Å²) in [5, 5.41) is 10.8. The van der Waals surface area contributed by atoms with Crippen LogP contribution in [0.25, 0.3) is 10.8 Å². The van der Waals surface area contributed by atoms with Gasteiger partial charge in [0.2, 0.25) is 6.29 Å². The van der Waals surface area contributed by atoms with E-state index in [-0.39, 0.29) is 5.75 Å². The fourth-order valence-electron chi connectivity index (χ4n) is 1.58. The van der Waals surface area contributed by atoms with Crippen LogP contribution < -0.4 is 9.47 Å². The maximum atomic E-state index is 11.2. The molecule has 1 N–H and O–H groups in total. The molecule has 2 rings (SSSR count). The van der Waals surface area contributed by atoms with E-state index >= 15 is 0 Å². The molecule has 0 saturated heterocycles. The normalized spacial score (nSPS) is 11.2. The number of carbonyl (C=O) groups is 1. The fourth-order valence-corrected chi connectivity index (χ4v) is 1.58. The number of carbonyl (C=O) groups excluding carboxylic acids is 1. The van der Waals surface area contributed by atoms with Gasteiger partial charge in [-0.15, -0.1) is 0 Å². The van der Waals surface area contributed by atoms with E-state index in [0.717, 1.165) is 11.5 Å². The number of fused-ring (bicyclic) bond motifs is 1. The second-order valence-electron chi connectivity index (χ2n) is 3.85. The van der Waals surface area contributed by atoms with Gasteiger partial charge in [-0.25, -0.2) is 4.79 Å². The molecule has 0 aliphatic heterocycles. The van der Waals surface area contributed by atoms with Gasteiger partial charge < -0.3 is 14.6 Å². The molecule has 0 fully saturated rings. The van der Waals surface area contributed by atoms with Crippen molar-refractivity contribution in [3.63, 3.8) is 0 Å². The summed E-state index contributed by atoms with van der Waals surface area (Å²) in [5.74, 6) is 0.0427. The molecule has 0 aliphatic carbocycles. The van der Waals surface area contributed by atoms with Crippen LogP contribution >= 0.6 is 0 Å². The molecule has 4 heteroatoms. The van der Waals surface area contributed by atoms with Gasteiger partial charge in [0.25, 0.3) is 0 Å². The third-order valence-corrected chi connectivity index (χ3v) is 2.49. The van der Waals surface area contributed by atoms with Crippen molar-refractivity contribution in [2.24, 2.45) is 0 Å². The van der Waals surface area contributed by atoms with Crippen LogP contribution in [0.3, 0.4) is 0 Å². The van der Waals surface area contributed by atoms with E-state index in [9.17, 15) is 9.90 Å². The van der Waals surface area contributed by atoms with Crippen LogP contribution in [0.5, 0.6) is 11.5 Å². The zero-order valence-corrected chi connectivity index (χ0v) is 10.6. The van der Waals surface area contributed by atoms with E-state index in [1.807, 2.05) is 0 Å². The van der Waals surface area contributed by atoms with Gasteiger partial charge in [-0.2, -0.15) is 0 Å². The highest BCUT2D eigenvalue weighted by Gasteiger charge is 2.08. The summed E-state index contributed by atoms with van der Waals surface area (Å²) in [4.78, 5) is 11.2. The van der Waals surface area contributed by atoms with E-state index in [2.05, 4.69) is 25.3 Å². The molecule has 2 aromatic carbocycles. The molecule has 4 nitrogen and oxygen atoms in total. The summed E-state index contributed by atoms with van der Waals surface area (Å²) >= 11 is 0. The minimum absolute atomic E-state index is 0.201. The van der Waals surface area contributed by atoms with Gasteiger partial charge in [0.1, 0.15) is 5.75 Å². The number of hydrogen-bond acceptors (Lipinski definition) is 4. The maximum Gasteiger partial charge on any atom is 0.336 e. The highest BCUT2D eigenvalue weighted by atomic mass is 16.6. The Morgan fingerprint density at radius 3 is 2.85 bits per heavy atom. The molecule has 0 radical (unpaired) electrons. The van der Waals surface area contributed by atoms with Crippen LogP contribution in [0.15, 0.2) is 49.6 Å². The van der Waals surface area contributed by atoms with Gasteiger partial charge in [-0.3, -0.25) is 0 Å². The molecule has 0 aromatic heterocycles. The zero-order chi connectivity index (χ0) is 14.5. The lowest BCUT2D eigenvalue weighted by molar-refractivity contribution is -0.128. The molecule has 0 saturated carbocycles. The maximum absolute atomic E-state index is 11.2. The molecule has 0 spiro atoms. The minimum Gasteiger partial charge on any atom is -0.461 e. The first-order valence-electron chi connectivity index (χ1n) is 5.82. The van der Waals surface area contributed by atoms with Gasteiger partial charge in [-0.1, -0.05) is 25.3 Å². The molecule has 1 atom stereocenters. The second kappa shape index (κ2) is 5.91. The van der Waals surface area contributed by atoms with Crippen molar-refractivity contribution in [2.75, 3.05) is 0 Å². The lowest BCUT2D eigenvalue weighted by atomic mass is 10.1. The van der Waals surface area contributed by atoms with E-state index < -0.39 is 12.3 Å². The molecular weight excluding hydrogens is 256 g/mol. The summed E-state index contributed by atoms with van der Waals surface area (Å²) in [6.07, 6.45) is 1.20. The number of aliphatic hydroxyl groups is 1. The molecular formula is C16H12O4. The topological polar surface area (TPSA) is 55.8 Å². The fraction of sp³-hybridized carbons (Fsp3) is 0.0625. The highest BCUT2D eigenvalue weighted by molar-refractivity contribution is 5.89. The lowest BCUT2D eigenvalue weighted by Crippen LogP contribution is -2.11. The summed E-state index contributed by atoms with van der Waals surface area (Å²) in [6, 6.07) is 12.4. The largest absolute Gasteiger partial charge is 0.461 e. The number of benzene rings is 1. The molecule has 0 aliphatic rings. The van der Waals surface area contributed by atoms with Gasteiger partial charge in [0.05, 0.1) is 0 Å². The van der Waals surface area contributed by atoms with E-state index in [1.165, 1.54) is 6.08 Å². The van der Waals surface area contributed by atoms with Gasteiger partial charge in [-0.05, 0) is 24.3 Å². The van der Waals surface area contributed by atoms with Crippen LogP contribution in [0, 0.1) is 12.1 Å². The van der Waals surface area contributed by atoms with Crippen molar-refractivity contribution < 1.29 is 19.4 Å². The first kappa shape index (κ1) is 13.7. The molecule has 2 aromatic rings. The van der Waals surface area contributed by atoms with Gasteiger partial charge in [0.15, 0.2) is 5.75 Å². The average molecular weight is 268 g/mol. The van der Waals surface area contributed by atoms with E-state index in [4.69, 9.17) is 9.47 Å². The lowest BCUT2D eigenvalue weighted by Gasteiger charge is -2.11. The van der Waals surface area contributed by atoms with Crippen molar-refractivity contribution >= 4 is 16.7 Å². The Morgan fingerprint density at radius 1 is 1.35 bits per heavy atom. The summed E-state index contributed by atoms with van der Waals surface area (Å²) in [6.45, 7) is 6.76. The van der Waals surface area contributed by atoms with Crippen molar-refractivity contribution in [2.45, 2.75) is 6.29 Å². The number of rotatable bonds is 5. The Balaban J connectivity index is 2.42. The highest BCUT2D eigenvalue weighted by Crippen LogP contribution is 2.27. The Morgan fingerprint density at radius 2 is 2.15 bits per heavy atom. The Bertz CT molecular complexity index is 661. The first-order chi connectivity index (χ1) is 9.63. The summed E-state index contributed by atoms with van der Waals surface area (Å²) in [5.41, 5.74) is 0.